The van der Waals surface area contributed by atoms with Crippen molar-refractivity contribution < 1.29 is 0 Å². The van der Waals surface area contributed by atoms with Crippen LogP contribution in [0.15, 0.2) is 152 Å². The fraction of sp³-hybridized carbons (Fsp3) is 0.0652. The fourth-order valence-corrected chi connectivity index (χ4v) is 8.50. The Kier molecular flexibility index (Phi) is 5.69. The summed E-state index contributed by atoms with van der Waals surface area (Å²) in [6, 6.07) is 57.0. The highest BCUT2D eigenvalue weighted by atomic mass is 15.0. The van der Waals surface area contributed by atoms with Crippen LogP contribution in [0.3, 0.4) is 0 Å². The molecule has 1 aliphatic carbocycles. The van der Waals surface area contributed by atoms with Crippen LogP contribution in [-0.2, 0) is 5.41 Å². The predicted molar refractivity (Wildman–Crippen MR) is 203 cm³/mol. The van der Waals surface area contributed by atoms with E-state index in [9.17, 15) is 5.26 Å². The Labute approximate surface area is 284 Å². The maximum absolute atomic E-state index is 9.81. The summed E-state index contributed by atoms with van der Waals surface area (Å²) in [4.78, 5) is 0. The van der Waals surface area contributed by atoms with Crippen molar-refractivity contribution in [2.24, 2.45) is 0 Å². The Morgan fingerprint density at radius 2 is 1.02 bits per heavy atom. The molecule has 0 amide bonds. The molecule has 0 saturated heterocycles. The molecular weight excluding hydrogens is 595 g/mol. The zero-order chi connectivity index (χ0) is 32.9. The van der Waals surface area contributed by atoms with Gasteiger partial charge in [-0.05, 0) is 94.0 Å². The number of nitriles is 1. The lowest BCUT2D eigenvalue weighted by atomic mass is 9.82. The normalized spacial score (nSPS) is 13.2. The second-order valence-corrected chi connectivity index (χ2v) is 13.7. The average Bonchev–Trinajstić information content (AvgIpc) is 3.75. The zero-order valence-corrected chi connectivity index (χ0v) is 27.3. The lowest BCUT2D eigenvalue weighted by molar-refractivity contribution is 0.661. The molecule has 230 valence electrons. The molecule has 0 atom stereocenters. The van der Waals surface area contributed by atoms with Crippen LogP contribution in [0.4, 0.5) is 0 Å². The monoisotopic (exact) mass is 625 g/mol. The highest BCUT2D eigenvalue weighted by Crippen LogP contribution is 2.53. The van der Waals surface area contributed by atoms with E-state index in [2.05, 4.69) is 175 Å². The topological polar surface area (TPSA) is 33.6 Å². The number of hydrogen-bond acceptors (Lipinski definition) is 1. The van der Waals surface area contributed by atoms with E-state index in [4.69, 9.17) is 0 Å². The average molecular weight is 626 g/mol. The van der Waals surface area contributed by atoms with Crippen molar-refractivity contribution in [3.63, 3.8) is 0 Å². The molecule has 0 unspecified atom stereocenters. The molecule has 2 heterocycles. The van der Waals surface area contributed by atoms with Gasteiger partial charge in [0.05, 0.1) is 33.7 Å². The second-order valence-electron chi connectivity index (χ2n) is 13.7. The van der Waals surface area contributed by atoms with Crippen LogP contribution in [0, 0.1) is 11.3 Å². The van der Waals surface area contributed by atoms with Gasteiger partial charge in [0.1, 0.15) is 0 Å². The third-order valence-electron chi connectivity index (χ3n) is 10.7. The van der Waals surface area contributed by atoms with E-state index >= 15 is 0 Å². The Morgan fingerprint density at radius 3 is 1.63 bits per heavy atom. The molecule has 0 fully saturated rings. The molecule has 10 rings (SSSR count). The maximum atomic E-state index is 9.81. The third-order valence-corrected chi connectivity index (χ3v) is 10.7. The van der Waals surface area contributed by atoms with Gasteiger partial charge in [-0.15, -0.1) is 0 Å². The Morgan fingerprint density at radius 1 is 0.490 bits per heavy atom. The van der Waals surface area contributed by atoms with E-state index in [0.29, 0.717) is 5.56 Å². The molecule has 0 radical (unpaired) electrons. The first kappa shape index (κ1) is 27.7. The Hall–Kier alpha value is -6.37. The molecule has 2 aromatic heterocycles. The molecule has 0 N–H and O–H groups in total. The van der Waals surface area contributed by atoms with Gasteiger partial charge in [0.2, 0.25) is 0 Å². The Bertz CT molecular complexity index is 2820. The fourth-order valence-electron chi connectivity index (χ4n) is 8.50. The molecule has 1 aliphatic rings. The summed E-state index contributed by atoms with van der Waals surface area (Å²) in [5, 5.41) is 14.8. The van der Waals surface area contributed by atoms with Crippen LogP contribution >= 0.6 is 0 Å². The largest absolute Gasteiger partial charge is 0.309 e. The molecule has 0 bridgehead atoms. The number of para-hydroxylation sites is 3. The molecule has 0 spiro atoms. The van der Waals surface area contributed by atoms with Gasteiger partial charge in [-0.1, -0.05) is 105 Å². The number of hydrogen-bond donors (Lipinski definition) is 0. The van der Waals surface area contributed by atoms with E-state index < -0.39 is 0 Å². The lowest BCUT2D eigenvalue weighted by Gasteiger charge is -2.21. The SMILES string of the molecule is CC1(C)c2ccc(C#N)cc2-c2c1ccc1c2c2ccccc2n1-c1cccc(-c2cccc(-n3c4ccccc4c4ccccc43)c2)c1. The van der Waals surface area contributed by atoms with Gasteiger partial charge in [-0.25, -0.2) is 0 Å². The second kappa shape index (κ2) is 10.1. The van der Waals surface area contributed by atoms with Gasteiger partial charge in [0.25, 0.3) is 0 Å². The summed E-state index contributed by atoms with van der Waals surface area (Å²) in [6.07, 6.45) is 0. The van der Waals surface area contributed by atoms with Gasteiger partial charge < -0.3 is 9.13 Å². The van der Waals surface area contributed by atoms with Gasteiger partial charge in [0, 0.05) is 38.3 Å². The number of fused-ring (bicyclic) bond motifs is 10. The molecule has 0 saturated carbocycles. The van der Waals surface area contributed by atoms with Crippen LogP contribution in [-0.4, -0.2) is 9.13 Å². The van der Waals surface area contributed by atoms with Crippen LogP contribution in [0.2, 0.25) is 0 Å². The van der Waals surface area contributed by atoms with E-state index in [1.165, 1.54) is 71.4 Å². The number of nitrogens with zero attached hydrogens (tertiary/aromatic N) is 3. The summed E-state index contributed by atoms with van der Waals surface area (Å²) in [5.74, 6) is 0. The molecule has 3 nitrogen and oxygen atoms in total. The third kappa shape index (κ3) is 3.83. The summed E-state index contributed by atoms with van der Waals surface area (Å²) >= 11 is 0. The first-order valence-corrected chi connectivity index (χ1v) is 16.8. The number of rotatable bonds is 3. The molecule has 3 heteroatoms. The molecular formula is C46H31N3. The van der Waals surface area contributed by atoms with Crippen molar-refractivity contribution in [1.82, 2.24) is 9.13 Å². The van der Waals surface area contributed by atoms with Crippen LogP contribution < -0.4 is 0 Å². The van der Waals surface area contributed by atoms with Crippen LogP contribution in [0.25, 0.3) is 77.2 Å². The number of benzene rings is 7. The predicted octanol–water partition coefficient (Wildman–Crippen LogP) is 11.7. The summed E-state index contributed by atoms with van der Waals surface area (Å²) in [7, 11) is 0. The van der Waals surface area contributed by atoms with Gasteiger partial charge in [-0.3, -0.25) is 0 Å². The first-order chi connectivity index (χ1) is 24.0. The molecule has 7 aromatic carbocycles. The minimum atomic E-state index is -0.155. The minimum absolute atomic E-state index is 0.155. The van der Waals surface area contributed by atoms with Crippen molar-refractivity contribution in [3.8, 4) is 39.7 Å². The molecule has 9 aromatic rings. The van der Waals surface area contributed by atoms with Crippen molar-refractivity contribution in [2.45, 2.75) is 19.3 Å². The standard InChI is InChI=1S/C46H31N3/c1-46(2)38-22-21-29(28-47)25-37(38)44-39(46)23-24-43-45(44)36-17-5-8-20-42(36)49(43)33-14-10-12-31(27-33)30-11-9-13-32(26-30)48-40-18-6-3-15-34(40)35-16-4-7-19-41(35)48/h3-27H,1-2H3. The summed E-state index contributed by atoms with van der Waals surface area (Å²) in [6.45, 7) is 4.59. The minimum Gasteiger partial charge on any atom is -0.309 e. The van der Waals surface area contributed by atoms with Crippen molar-refractivity contribution in [1.29, 1.82) is 5.26 Å². The van der Waals surface area contributed by atoms with E-state index in [1.54, 1.807) is 0 Å². The van der Waals surface area contributed by atoms with Gasteiger partial charge >= 0.3 is 0 Å². The molecule has 0 aliphatic heterocycles. The van der Waals surface area contributed by atoms with Crippen molar-refractivity contribution in [2.75, 3.05) is 0 Å². The zero-order valence-electron chi connectivity index (χ0n) is 27.3. The van der Waals surface area contributed by atoms with Crippen LogP contribution in [0.5, 0.6) is 0 Å². The summed E-state index contributed by atoms with van der Waals surface area (Å²) in [5.41, 5.74) is 14.9. The number of aromatic nitrogens is 2. The maximum Gasteiger partial charge on any atom is 0.0991 e. The Balaban J connectivity index is 1.18. The van der Waals surface area contributed by atoms with E-state index in [-0.39, 0.29) is 5.41 Å². The lowest BCUT2D eigenvalue weighted by Crippen LogP contribution is -2.14. The molecule has 49 heavy (non-hydrogen) atoms. The van der Waals surface area contributed by atoms with Crippen molar-refractivity contribution >= 4 is 43.6 Å². The highest BCUT2D eigenvalue weighted by molar-refractivity contribution is 6.18. The van der Waals surface area contributed by atoms with Gasteiger partial charge in [0.15, 0.2) is 0 Å². The van der Waals surface area contributed by atoms with E-state index in [1.807, 2.05) is 6.07 Å². The quantitative estimate of drug-likeness (QED) is 0.192. The van der Waals surface area contributed by atoms with Crippen molar-refractivity contribution in [3.05, 3.63) is 168 Å². The van der Waals surface area contributed by atoms with Gasteiger partial charge in [-0.2, -0.15) is 5.26 Å². The smallest absolute Gasteiger partial charge is 0.0991 e. The van der Waals surface area contributed by atoms with Crippen LogP contribution in [0.1, 0.15) is 30.5 Å². The summed E-state index contributed by atoms with van der Waals surface area (Å²) < 4.78 is 4.78. The van der Waals surface area contributed by atoms with E-state index in [0.717, 1.165) is 16.9 Å². The highest BCUT2D eigenvalue weighted by Gasteiger charge is 2.37. The first-order valence-electron chi connectivity index (χ1n) is 16.8.